The zero-order valence-corrected chi connectivity index (χ0v) is 25.1. The van der Waals surface area contributed by atoms with E-state index in [4.69, 9.17) is 25.8 Å². The highest BCUT2D eigenvalue weighted by atomic mass is 35.5. The second-order valence-corrected chi connectivity index (χ2v) is 10.8. The van der Waals surface area contributed by atoms with E-state index in [1.54, 1.807) is 19.2 Å². The number of rotatable bonds is 16. The number of methoxy groups -OCH3 is 2. The van der Waals surface area contributed by atoms with Crippen LogP contribution >= 0.6 is 11.6 Å². The van der Waals surface area contributed by atoms with Gasteiger partial charge in [-0.05, 0) is 60.8 Å². The lowest BCUT2D eigenvalue weighted by atomic mass is 9.84. The van der Waals surface area contributed by atoms with Crippen molar-refractivity contribution in [3.05, 3.63) is 64.2 Å². The summed E-state index contributed by atoms with van der Waals surface area (Å²) in [5.74, 6) is 0.989. The maximum absolute atomic E-state index is 13.6. The minimum Gasteiger partial charge on any atom is -0.491 e. The molecule has 2 aromatic rings. The first-order valence-corrected chi connectivity index (χ1v) is 14.7. The maximum atomic E-state index is 13.6. The van der Waals surface area contributed by atoms with Crippen LogP contribution in [0.15, 0.2) is 42.5 Å². The van der Waals surface area contributed by atoms with Crippen molar-refractivity contribution < 1.29 is 28.5 Å². The van der Waals surface area contributed by atoms with Gasteiger partial charge >= 0.3 is 6.09 Å². The topological polar surface area (TPSA) is 107 Å². The Hall–Kier alpha value is -2.85. The van der Waals surface area contributed by atoms with Gasteiger partial charge in [-0.1, -0.05) is 55.8 Å². The summed E-state index contributed by atoms with van der Waals surface area (Å²) in [4.78, 5) is 25.2. The number of amides is 2. The SMILES string of the molecule is CNC[C@H](CC1CCCCC1)NC(=O)c1cc(OCCOC)cc(C(OCCNC(=O)OC)c2cccc(Cl)c2)c1. The summed E-state index contributed by atoms with van der Waals surface area (Å²) < 4.78 is 22.0. The monoisotopic (exact) mass is 589 g/mol. The van der Waals surface area contributed by atoms with E-state index in [0.29, 0.717) is 42.0 Å². The van der Waals surface area contributed by atoms with Crippen LogP contribution in [0, 0.1) is 5.92 Å². The first-order chi connectivity index (χ1) is 19.9. The Kier molecular flexibility index (Phi) is 14.2. The highest BCUT2D eigenvalue weighted by Gasteiger charge is 2.23. The summed E-state index contributed by atoms with van der Waals surface area (Å²) in [5, 5.41) is 9.68. The van der Waals surface area contributed by atoms with Gasteiger partial charge in [0.15, 0.2) is 0 Å². The summed E-state index contributed by atoms with van der Waals surface area (Å²) in [6.45, 7) is 1.88. The molecule has 1 aliphatic rings. The predicted molar refractivity (Wildman–Crippen MR) is 160 cm³/mol. The number of likely N-dealkylation sites (N-methyl/N-ethyl adjacent to an activating group) is 1. The van der Waals surface area contributed by atoms with Crippen LogP contribution in [0.4, 0.5) is 4.79 Å². The molecule has 0 aliphatic heterocycles. The Balaban J connectivity index is 1.88. The van der Waals surface area contributed by atoms with Gasteiger partial charge < -0.3 is 34.9 Å². The molecule has 2 amide bonds. The van der Waals surface area contributed by atoms with Crippen LogP contribution in [0.2, 0.25) is 5.02 Å². The molecule has 1 saturated carbocycles. The van der Waals surface area contributed by atoms with Crippen LogP contribution in [0.25, 0.3) is 0 Å². The molecule has 0 spiro atoms. The molecule has 0 aromatic heterocycles. The van der Waals surface area contributed by atoms with Crippen molar-refractivity contribution in [2.24, 2.45) is 5.92 Å². The summed E-state index contributed by atoms with van der Waals surface area (Å²) in [6.07, 6.45) is 6.09. The zero-order valence-electron chi connectivity index (χ0n) is 24.4. The second-order valence-electron chi connectivity index (χ2n) is 10.3. The number of hydrogen-bond acceptors (Lipinski definition) is 7. The van der Waals surface area contributed by atoms with Crippen molar-refractivity contribution in [3.63, 3.8) is 0 Å². The second kappa shape index (κ2) is 17.9. The van der Waals surface area contributed by atoms with Crippen LogP contribution in [-0.2, 0) is 14.2 Å². The van der Waals surface area contributed by atoms with Crippen molar-refractivity contribution in [3.8, 4) is 5.75 Å². The van der Waals surface area contributed by atoms with Crippen molar-refractivity contribution in [1.29, 1.82) is 0 Å². The molecule has 0 saturated heterocycles. The Labute approximate surface area is 248 Å². The predicted octanol–water partition coefficient (Wildman–Crippen LogP) is 5.12. The van der Waals surface area contributed by atoms with E-state index in [-0.39, 0.29) is 25.1 Å². The number of halogens is 1. The average Bonchev–Trinajstić information content (AvgIpc) is 2.97. The molecule has 9 nitrogen and oxygen atoms in total. The summed E-state index contributed by atoms with van der Waals surface area (Å²) in [7, 11) is 4.82. The molecule has 1 fully saturated rings. The molecule has 0 heterocycles. The number of carbonyl (C=O) groups is 2. The molecule has 3 N–H and O–H groups in total. The van der Waals surface area contributed by atoms with Gasteiger partial charge in [0.25, 0.3) is 5.91 Å². The van der Waals surface area contributed by atoms with Crippen LogP contribution in [0.5, 0.6) is 5.75 Å². The molecule has 10 heteroatoms. The maximum Gasteiger partial charge on any atom is 0.406 e. The quantitative estimate of drug-likeness (QED) is 0.233. The van der Waals surface area contributed by atoms with E-state index in [2.05, 4.69) is 20.7 Å². The van der Waals surface area contributed by atoms with E-state index >= 15 is 0 Å². The summed E-state index contributed by atoms with van der Waals surface area (Å²) in [5.41, 5.74) is 2.01. The Morgan fingerprint density at radius 2 is 1.80 bits per heavy atom. The fourth-order valence-electron chi connectivity index (χ4n) is 5.22. The summed E-state index contributed by atoms with van der Waals surface area (Å²) in [6, 6.07) is 12.8. The largest absolute Gasteiger partial charge is 0.491 e. The third-order valence-electron chi connectivity index (χ3n) is 7.17. The first kappa shape index (κ1) is 32.7. The lowest BCUT2D eigenvalue weighted by Crippen LogP contribution is -2.42. The highest BCUT2D eigenvalue weighted by molar-refractivity contribution is 6.30. The lowest BCUT2D eigenvalue weighted by Gasteiger charge is -2.27. The van der Waals surface area contributed by atoms with Crippen molar-refractivity contribution in [2.45, 2.75) is 50.7 Å². The minimum atomic E-state index is -0.569. The molecular formula is C31H44ClN3O6. The Bertz CT molecular complexity index is 1100. The first-order valence-electron chi connectivity index (χ1n) is 14.3. The van der Waals surface area contributed by atoms with E-state index < -0.39 is 12.2 Å². The van der Waals surface area contributed by atoms with Crippen LogP contribution in [-0.4, -0.2) is 72.2 Å². The highest BCUT2D eigenvalue weighted by Crippen LogP contribution is 2.32. The van der Waals surface area contributed by atoms with Gasteiger partial charge in [-0.25, -0.2) is 4.79 Å². The van der Waals surface area contributed by atoms with Gasteiger partial charge in [-0.15, -0.1) is 0 Å². The fraction of sp³-hybridized carbons (Fsp3) is 0.548. The number of alkyl carbamates (subject to hydrolysis) is 1. The van der Waals surface area contributed by atoms with Gasteiger partial charge in [0.2, 0.25) is 0 Å². The van der Waals surface area contributed by atoms with E-state index in [1.165, 1.54) is 39.2 Å². The van der Waals surface area contributed by atoms with Gasteiger partial charge in [-0.3, -0.25) is 4.79 Å². The van der Waals surface area contributed by atoms with Gasteiger partial charge in [0, 0.05) is 36.8 Å². The normalized spacial score (nSPS) is 15.1. The lowest BCUT2D eigenvalue weighted by molar-refractivity contribution is 0.0800. The molecule has 0 bridgehead atoms. The third kappa shape index (κ3) is 11.2. The molecule has 1 unspecified atom stereocenters. The number of nitrogens with one attached hydrogen (secondary N) is 3. The van der Waals surface area contributed by atoms with Crippen LogP contribution in [0.1, 0.15) is 66.1 Å². The van der Waals surface area contributed by atoms with E-state index in [1.807, 2.05) is 37.4 Å². The molecular weight excluding hydrogens is 546 g/mol. The minimum absolute atomic E-state index is 0.0153. The third-order valence-corrected chi connectivity index (χ3v) is 7.41. The van der Waals surface area contributed by atoms with Gasteiger partial charge in [0.1, 0.15) is 18.5 Å². The van der Waals surface area contributed by atoms with Crippen molar-refractivity contribution in [2.75, 3.05) is 54.2 Å². The average molecular weight is 590 g/mol. The number of benzene rings is 2. The Morgan fingerprint density at radius 3 is 2.51 bits per heavy atom. The number of ether oxygens (including phenoxy) is 4. The van der Waals surface area contributed by atoms with Gasteiger partial charge in [0.05, 0.1) is 20.3 Å². The number of carbonyl (C=O) groups excluding carboxylic acids is 2. The van der Waals surface area contributed by atoms with Crippen molar-refractivity contribution >= 4 is 23.6 Å². The zero-order chi connectivity index (χ0) is 29.5. The molecule has 226 valence electrons. The molecule has 3 rings (SSSR count). The molecule has 41 heavy (non-hydrogen) atoms. The smallest absolute Gasteiger partial charge is 0.406 e. The standard InChI is InChI=1S/C31H44ClN3O6/c1-33-21-27(16-22-8-5-4-6-9-22)35-30(36)25-17-24(19-28(20-25)40-15-14-38-2)29(23-10-7-11-26(32)18-23)41-13-12-34-31(37)39-3/h7,10-11,17-20,22,27,29,33H,4-6,8-9,12-16,21H2,1-3H3,(H,34,37)(H,35,36)/t27-,29?/m0/s1. The summed E-state index contributed by atoms with van der Waals surface area (Å²) >= 11 is 6.32. The van der Waals surface area contributed by atoms with Crippen LogP contribution in [0.3, 0.4) is 0 Å². The molecule has 2 aromatic carbocycles. The molecule has 1 aliphatic carbocycles. The van der Waals surface area contributed by atoms with Crippen LogP contribution < -0.4 is 20.7 Å². The number of hydrogen-bond donors (Lipinski definition) is 3. The fourth-order valence-corrected chi connectivity index (χ4v) is 5.42. The van der Waals surface area contributed by atoms with Gasteiger partial charge in [-0.2, -0.15) is 0 Å². The molecule has 0 radical (unpaired) electrons. The van der Waals surface area contributed by atoms with E-state index in [9.17, 15) is 9.59 Å². The van der Waals surface area contributed by atoms with E-state index in [0.717, 1.165) is 17.5 Å². The Morgan fingerprint density at radius 1 is 1.00 bits per heavy atom. The molecule has 2 atom stereocenters. The van der Waals surface area contributed by atoms with Crippen molar-refractivity contribution in [1.82, 2.24) is 16.0 Å².